The topological polar surface area (TPSA) is 90.0 Å². The van der Waals surface area contributed by atoms with Gasteiger partial charge in [-0.15, -0.1) is 0 Å². The van der Waals surface area contributed by atoms with Gasteiger partial charge in [0.1, 0.15) is 6.04 Å². The molecule has 3 aromatic rings. The van der Waals surface area contributed by atoms with Crippen molar-refractivity contribution in [3.63, 3.8) is 0 Å². The number of hydrogen-bond donors (Lipinski definition) is 1. The van der Waals surface area contributed by atoms with Gasteiger partial charge in [0.05, 0.1) is 12.1 Å². The van der Waals surface area contributed by atoms with E-state index in [1.54, 1.807) is 4.90 Å². The van der Waals surface area contributed by atoms with Crippen molar-refractivity contribution in [1.82, 2.24) is 15.1 Å². The van der Waals surface area contributed by atoms with Crippen LogP contribution in [0.15, 0.2) is 66.7 Å². The summed E-state index contributed by atoms with van der Waals surface area (Å²) in [5, 5.41) is 2.37. The number of carbonyl (C=O) groups is 4. The highest BCUT2D eigenvalue weighted by Crippen LogP contribution is 2.38. The third kappa shape index (κ3) is 4.62. The molecule has 41 heavy (non-hydrogen) atoms. The van der Waals surface area contributed by atoms with Crippen LogP contribution in [0.2, 0.25) is 0 Å². The predicted octanol–water partition coefficient (Wildman–Crippen LogP) is 4.05. The number of piperidine rings is 2. The van der Waals surface area contributed by atoms with Crippen LogP contribution in [0.4, 0.5) is 11.4 Å². The van der Waals surface area contributed by atoms with Gasteiger partial charge in [0.25, 0.3) is 5.91 Å². The lowest BCUT2D eigenvalue weighted by Gasteiger charge is -2.33. The second kappa shape index (κ2) is 10.3. The van der Waals surface area contributed by atoms with Gasteiger partial charge in [0.2, 0.25) is 17.7 Å². The maximum absolute atomic E-state index is 13.1. The van der Waals surface area contributed by atoms with Gasteiger partial charge < -0.3 is 4.90 Å². The van der Waals surface area contributed by atoms with E-state index in [0.717, 1.165) is 55.0 Å². The van der Waals surface area contributed by atoms with Crippen LogP contribution in [0.1, 0.15) is 64.2 Å². The van der Waals surface area contributed by atoms with Gasteiger partial charge in [-0.3, -0.25) is 34.3 Å². The number of carbonyl (C=O) groups excluding carboxylic acids is 4. The zero-order valence-electron chi connectivity index (χ0n) is 22.8. The molecule has 7 rings (SSSR count). The van der Waals surface area contributed by atoms with Crippen molar-refractivity contribution in [3.8, 4) is 0 Å². The van der Waals surface area contributed by atoms with Crippen LogP contribution in [-0.4, -0.2) is 52.6 Å². The number of hydrogen-bond acceptors (Lipinski definition) is 5. The molecule has 0 saturated carbocycles. The van der Waals surface area contributed by atoms with Crippen molar-refractivity contribution in [3.05, 3.63) is 94.5 Å². The summed E-state index contributed by atoms with van der Waals surface area (Å²) < 4.78 is 0. The lowest BCUT2D eigenvalue weighted by atomic mass is 9.87. The number of imide groups is 1. The standard InChI is InChI=1S/C33H32N4O4/c38-30-12-11-29(32(40)34-30)36-20-24-17-22(9-10-26(24)33(36)41)21-13-15-35(16-14-21)19-23-5-4-8-28-27(23)18-31(39)37(28)25-6-2-1-3-7-25/h1-10,17,21,29H,11-16,18-20H2,(H,34,38,40). The smallest absolute Gasteiger partial charge is 0.255 e. The van der Waals surface area contributed by atoms with Crippen LogP contribution < -0.4 is 10.2 Å². The van der Waals surface area contributed by atoms with Crippen LogP contribution in [0.3, 0.4) is 0 Å². The van der Waals surface area contributed by atoms with E-state index in [0.29, 0.717) is 30.9 Å². The molecule has 208 valence electrons. The second-order valence-electron chi connectivity index (χ2n) is 11.5. The Hall–Kier alpha value is -4.30. The maximum Gasteiger partial charge on any atom is 0.255 e. The Morgan fingerprint density at radius 1 is 0.854 bits per heavy atom. The minimum Gasteiger partial charge on any atom is -0.322 e. The molecule has 0 radical (unpaired) electrons. The zero-order valence-corrected chi connectivity index (χ0v) is 22.8. The average Bonchev–Trinajstić information content (AvgIpc) is 3.50. The highest BCUT2D eigenvalue weighted by atomic mass is 16.2. The summed E-state index contributed by atoms with van der Waals surface area (Å²) >= 11 is 0. The van der Waals surface area contributed by atoms with Gasteiger partial charge in [-0.25, -0.2) is 0 Å². The minimum atomic E-state index is -0.589. The molecule has 0 aliphatic carbocycles. The molecule has 8 nitrogen and oxygen atoms in total. The van der Waals surface area contributed by atoms with Crippen molar-refractivity contribution in [2.24, 2.45) is 0 Å². The van der Waals surface area contributed by atoms with E-state index >= 15 is 0 Å². The molecule has 3 aromatic carbocycles. The summed E-state index contributed by atoms with van der Waals surface area (Å²) in [6.45, 7) is 3.16. The van der Waals surface area contributed by atoms with E-state index < -0.39 is 6.04 Å². The number of anilines is 2. The SMILES string of the molecule is O=C1CCC(N2Cc3cc(C4CCN(Cc5cccc6c5CC(=O)N6c5ccccc5)CC4)ccc3C2=O)C(=O)N1. The molecule has 4 amide bonds. The molecule has 1 unspecified atom stereocenters. The first-order chi connectivity index (χ1) is 20.0. The number of likely N-dealkylation sites (tertiary alicyclic amines) is 1. The van der Waals surface area contributed by atoms with Gasteiger partial charge in [-0.05, 0) is 84.8 Å². The Morgan fingerprint density at radius 2 is 1.66 bits per heavy atom. The Bertz CT molecular complexity index is 1560. The Balaban J connectivity index is 1.01. The number of nitrogens with zero attached hydrogens (tertiary/aromatic N) is 3. The molecule has 2 fully saturated rings. The Morgan fingerprint density at radius 3 is 2.44 bits per heavy atom. The normalized spacial score (nSPS) is 21.3. The molecule has 8 heteroatoms. The molecular weight excluding hydrogens is 516 g/mol. The highest BCUT2D eigenvalue weighted by molar-refractivity contribution is 6.08. The summed E-state index contributed by atoms with van der Waals surface area (Å²) in [6.07, 6.45) is 3.11. The quantitative estimate of drug-likeness (QED) is 0.486. The maximum atomic E-state index is 13.1. The number of nitrogens with one attached hydrogen (secondary N) is 1. The van der Waals surface area contributed by atoms with E-state index in [4.69, 9.17) is 0 Å². The zero-order chi connectivity index (χ0) is 28.1. The van der Waals surface area contributed by atoms with Crippen LogP contribution in [-0.2, 0) is 33.9 Å². The van der Waals surface area contributed by atoms with Gasteiger partial charge in [-0.2, -0.15) is 0 Å². The van der Waals surface area contributed by atoms with E-state index in [1.165, 1.54) is 11.1 Å². The van der Waals surface area contributed by atoms with Crippen molar-refractivity contribution in [1.29, 1.82) is 0 Å². The summed E-state index contributed by atoms with van der Waals surface area (Å²) in [6, 6.07) is 21.6. The fourth-order valence-electron chi connectivity index (χ4n) is 6.92. The number of benzene rings is 3. The fourth-order valence-corrected chi connectivity index (χ4v) is 6.92. The van der Waals surface area contributed by atoms with E-state index in [2.05, 4.69) is 34.5 Å². The van der Waals surface area contributed by atoms with Crippen molar-refractivity contribution in [2.75, 3.05) is 18.0 Å². The van der Waals surface area contributed by atoms with Crippen molar-refractivity contribution < 1.29 is 19.2 Å². The first-order valence-corrected chi connectivity index (χ1v) is 14.4. The highest BCUT2D eigenvalue weighted by Gasteiger charge is 2.39. The van der Waals surface area contributed by atoms with Gasteiger partial charge in [0.15, 0.2) is 0 Å². The van der Waals surface area contributed by atoms with Crippen molar-refractivity contribution in [2.45, 2.75) is 57.2 Å². The second-order valence-corrected chi connectivity index (χ2v) is 11.5. The number of rotatable bonds is 5. The molecule has 2 saturated heterocycles. The number of para-hydroxylation sites is 1. The lowest BCUT2D eigenvalue weighted by molar-refractivity contribution is -0.137. The number of fused-ring (bicyclic) bond motifs is 2. The van der Waals surface area contributed by atoms with Crippen molar-refractivity contribution >= 4 is 35.0 Å². The summed E-state index contributed by atoms with van der Waals surface area (Å²) in [5.41, 5.74) is 7.12. The van der Waals surface area contributed by atoms with E-state index in [9.17, 15) is 19.2 Å². The van der Waals surface area contributed by atoms with E-state index in [-0.39, 0.29) is 30.0 Å². The fraction of sp³-hybridized carbons (Fsp3) is 0.333. The average molecular weight is 549 g/mol. The third-order valence-corrected chi connectivity index (χ3v) is 9.08. The third-order valence-electron chi connectivity index (χ3n) is 9.08. The summed E-state index contributed by atoms with van der Waals surface area (Å²) in [5.74, 6) is -0.258. The van der Waals surface area contributed by atoms with Crippen LogP contribution >= 0.6 is 0 Å². The van der Waals surface area contributed by atoms with Gasteiger partial charge >= 0.3 is 0 Å². The molecule has 0 bridgehead atoms. The van der Waals surface area contributed by atoms with Gasteiger partial charge in [-0.1, -0.05) is 42.5 Å². The minimum absolute atomic E-state index is 0.114. The lowest BCUT2D eigenvalue weighted by Crippen LogP contribution is -2.52. The molecule has 4 heterocycles. The Labute approximate surface area is 238 Å². The molecule has 0 aromatic heterocycles. The van der Waals surface area contributed by atoms with Gasteiger partial charge in [0, 0.05) is 30.8 Å². The predicted molar refractivity (Wildman–Crippen MR) is 153 cm³/mol. The van der Waals surface area contributed by atoms with Crippen LogP contribution in [0.5, 0.6) is 0 Å². The van der Waals surface area contributed by atoms with Crippen LogP contribution in [0, 0.1) is 0 Å². The monoisotopic (exact) mass is 548 g/mol. The molecular formula is C33H32N4O4. The summed E-state index contributed by atoms with van der Waals surface area (Å²) in [4.78, 5) is 55.9. The van der Waals surface area contributed by atoms with Crippen LogP contribution in [0.25, 0.3) is 0 Å². The molecule has 0 spiro atoms. The first-order valence-electron chi connectivity index (χ1n) is 14.4. The summed E-state index contributed by atoms with van der Waals surface area (Å²) in [7, 11) is 0. The van der Waals surface area contributed by atoms with E-state index in [1.807, 2.05) is 47.4 Å². The largest absolute Gasteiger partial charge is 0.322 e. The molecule has 4 aliphatic rings. The molecule has 4 aliphatic heterocycles. The Kier molecular flexibility index (Phi) is 6.43. The molecule has 1 atom stereocenters. The number of amides is 4. The molecule has 1 N–H and O–H groups in total. The first kappa shape index (κ1) is 25.7.